The number of methoxy groups -OCH3 is 1. The van der Waals surface area contributed by atoms with Gasteiger partial charge < -0.3 is 25.0 Å². The van der Waals surface area contributed by atoms with Crippen LogP contribution in [-0.2, 0) is 14.3 Å². The Labute approximate surface area is 251 Å². The highest BCUT2D eigenvalue weighted by Crippen LogP contribution is 2.37. The maximum Gasteiger partial charge on any atom is 0.338 e. The monoisotopic (exact) mass is 620 g/mol. The number of aliphatic carboxylic acids is 1. The quantitative estimate of drug-likeness (QED) is 0.337. The topological polar surface area (TPSA) is 111 Å². The van der Waals surface area contributed by atoms with Crippen LogP contribution in [0.25, 0.3) is 0 Å². The molecule has 1 aromatic heterocycles. The van der Waals surface area contributed by atoms with Crippen molar-refractivity contribution < 1.29 is 23.8 Å². The third-order valence-corrected chi connectivity index (χ3v) is 9.17. The number of thiocarbonyl (C=S) groups is 1. The molecule has 3 aliphatic rings. The molecule has 0 bridgehead atoms. The average molecular weight is 621 g/mol. The Morgan fingerprint density at radius 2 is 2.10 bits per heavy atom. The minimum absolute atomic E-state index is 0.0622. The molecule has 0 aliphatic carbocycles. The van der Waals surface area contributed by atoms with Gasteiger partial charge in [0.05, 0.1) is 29.2 Å². The van der Waals surface area contributed by atoms with Gasteiger partial charge in [-0.3, -0.25) is 14.7 Å². The van der Waals surface area contributed by atoms with Gasteiger partial charge in [0.15, 0.2) is 16.0 Å². The van der Waals surface area contributed by atoms with E-state index in [9.17, 15) is 19.1 Å². The van der Waals surface area contributed by atoms with Crippen molar-refractivity contribution in [3.05, 3.63) is 62.5 Å². The van der Waals surface area contributed by atoms with Crippen molar-refractivity contribution in [3.8, 4) is 0 Å². The Morgan fingerprint density at radius 3 is 2.78 bits per heavy atom. The fourth-order valence-corrected chi connectivity index (χ4v) is 6.56. The predicted octanol–water partition coefficient (Wildman–Crippen LogP) is 3.15. The number of rotatable bonds is 8. The van der Waals surface area contributed by atoms with Crippen LogP contribution in [-0.4, -0.2) is 100 Å². The minimum atomic E-state index is -0.941. The first kappa shape index (κ1) is 29.4. The van der Waals surface area contributed by atoms with Crippen LogP contribution in [0.15, 0.2) is 46.0 Å². The van der Waals surface area contributed by atoms with E-state index in [1.807, 2.05) is 10.3 Å². The first-order chi connectivity index (χ1) is 19.5. The molecule has 0 unspecified atom stereocenters. The van der Waals surface area contributed by atoms with E-state index in [-0.39, 0.29) is 16.6 Å². The molecule has 5 rings (SSSR count). The summed E-state index contributed by atoms with van der Waals surface area (Å²) in [6.45, 7) is 6.62. The molecule has 0 radical (unpaired) electrons. The molecule has 1 aromatic carbocycles. The van der Waals surface area contributed by atoms with Gasteiger partial charge in [-0.1, -0.05) is 23.7 Å². The van der Waals surface area contributed by atoms with Crippen LogP contribution < -0.4 is 5.32 Å². The van der Waals surface area contributed by atoms with Crippen molar-refractivity contribution in [3.63, 3.8) is 0 Å². The molecule has 2 saturated heterocycles. The zero-order valence-corrected chi connectivity index (χ0v) is 25.2. The fraction of sp³-hybridized carbons (Fsp3) is 0.444. The summed E-state index contributed by atoms with van der Waals surface area (Å²) in [5, 5.41) is 15.9. The van der Waals surface area contributed by atoms with E-state index < -0.39 is 29.2 Å². The number of esters is 1. The first-order valence-corrected chi connectivity index (χ1v) is 14.7. The molecule has 218 valence electrons. The number of amidine groups is 1. The number of carbonyl (C=O) groups is 2. The number of benzene rings is 1. The second-order valence-corrected chi connectivity index (χ2v) is 12.4. The Bertz CT molecular complexity index is 1430. The second kappa shape index (κ2) is 11.6. The predicted molar refractivity (Wildman–Crippen MR) is 158 cm³/mol. The summed E-state index contributed by atoms with van der Waals surface area (Å²) in [6.07, 6.45) is 1.66. The number of halogens is 2. The normalized spacial score (nSPS) is 21.5. The number of hydrogen-bond donors (Lipinski definition) is 2. The van der Waals surface area contributed by atoms with Gasteiger partial charge in [0, 0.05) is 62.1 Å². The molecular formula is C27H30ClFN6O4S2. The van der Waals surface area contributed by atoms with E-state index in [0.29, 0.717) is 66.5 Å². The van der Waals surface area contributed by atoms with Crippen LogP contribution in [0.4, 0.5) is 4.39 Å². The summed E-state index contributed by atoms with van der Waals surface area (Å²) >= 11 is 13.5. The summed E-state index contributed by atoms with van der Waals surface area (Å²) in [5.74, 6) is -1.62. The lowest BCUT2D eigenvalue weighted by molar-refractivity contribution is -0.147. The summed E-state index contributed by atoms with van der Waals surface area (Å²) in [7, 11) is 1.29. The van der Waals surface area contributed by atoms with Gasteiger partial charge in [-0.2, -0.15) is 0 Å². The Balaban J connectivity index is 1.44. The number of fused-ring (bicyclic) bond motifs is 1. The van der Waals surface area contributed by atoms with Gasteiger partial charge in [-0.05, 0) is 32.1 Å². The standard InChI is InChI=1S/C27H30ClFN6O4S2/c1-27(2,25(37)38)14-34-12-15-11-33(8-9-35(15)26(34)40)13-18-19(24(36)39-3)21(16-5-4-6-17(29)20(16)28)32-22(31-18)23-30-7-10-41-23/h4-7,10,15,21H,8-9,11-14H2,1-3H3,(H,31,32)(H,37,38)/t15-,21-/m0/s1. The zero-order chi connectivity index (χ0) is 29.5. The number of hydrogen-bond acceptors (Lipinski definition) is 9. The highest BCUT2D eigenvalue weighted by atomic mass is 35.5. The van der Waals surface area contributed by atoms with Gasteiger partial charge in [0.2, 0.25) is 0 Å². The fourth-order valence-electron chi connectivity index (χ4n) is 5.36. The van der Waals surface area contributed by atoms with Crippen LogP contribution >= 0.6 is 35.2 Å². The first-order valence-electron chi connectivity index (χ1n) is 13.0. The molecule has 2 fully saturated rings. The van der Waals surface area contributed by atoms with Crippen molar-refractivity contribution in [2.75, 3.05) is 46.4 Å². The number of nitrogens with one attached hydrogen (secondary N) is 1. The average Bonchev–Trinajstić information content (AvgIpc) is 3.58. The van der Waals surface area contributed by atoms with Crippen molar-refractivity contribution in [1.82, 2.24) is 25.0 Å². The lowest BCUT2D eigenvalue weighted by Gasteiger charge is -2.38. The zero-order valence-electron chi connectivity index (χ0n) is 22.8. The van der Waals surface area contributed by atoms with Gasteiger partial charge in [0.25, 0.3) is 0 Å². The van der Waals surface area contributed by atoms with Crippen LogP contribution in [0, 0.1) is 11.2 Å². The summed E-state index contributed by atoms with van der Waals surface area (Å²) in [6, 6.07) is 3.59. The number of ether oxygens (including phenoxy) is 1. The number of nitrogens with zero attached hydrogens (tertiary/aromatic N) is 5. The summed E-state index contributed by atoms with van der Waals surface area (Å²) in [4.78, 5) is 40.4. The van der Waals surface area contributed by atoms with E-state index in [1.54, 1.807) is 26.1 Å². The van der Waals surface area contributed by atoms with E-state index in [1.165, 1.54) is 30.6 Å². The summed E-state index contributed by atoms with van der Waals surface area (Å²) in [5.41, 5.74) is 0.223. The van der Waals surface area contributed by atoms with E-state index in [0.717, 1.165) is 0 Å². The maximum atomic E-state index is 14.5. The van der Waals surface area contributed by atoms with Crippen LogP contribution in [0.2, 0.25) is 5.02 Å². The molecule has 14 heteroatoms. The second-order valence-electron chi connectivity index (χ2n) is 10.8. The lowest BCUT2D eigenvalue weighted by atomic mass is 9.93. The van der Waals surface area contributed by atoms with Crippen molar-refractivity contribution in [1.29, 1.82) is 0 Å². The molecule has 3 aliphatic heterocycles. The number of thiazole rings is 1. The molecule has 0 amide bonds. The van der Waals surface area contributed by atoms with Gasteiger partial charge in [-0.25, -0.2) is 14.2 Å². The van der Waals surface area contributed by atoms with Crippen molar-refractivity contribution >= 4 is 58.0 Å². The van der Waals surface area contributed by atoms with Crippen molar-refractivity contribution in [2.24, 2.45) is 10.4 Å². The van der Waals surface area contributed by atoms with Crippen molar-refractivity contribution in [2.45, 2.75) is 25.9 Å². The number of carbonyl (C=O) groups excluding carboxylic acids is 1. The van der Waals surface area contributed by atoms with E-state index >= 15 is 0 Å². The highest BCUT2D eigenvalue weighted by Gasteiger charge is 2.42. The van der Waals surface area contributed by atoms with E-state index in [4.69, 9.17) is 33.5 Å². The number of aliphatic imine (C=N–C) groups is 1. The van der Waals surface area contributed by atoms with Gasteiger partial charge in [-0.15, -0.1) is 11.3 Å². The largest absolute Gasteiger partial charge is 0.481 e. The maximum absolute atomic E-state index is 14.5. The Hall–Kier alpha value is -3.13. The molecule has 0 saturated carbocycles. The molecular weight excluding hydrogens is 591 g/mol. The lowest BCUT2D eigenvalue weighted by Crippen LogP contribution is -2.53. The Morgan fingerprint density at radius 1 is 1.32 bits per heavy atom. The third-order valence-electron chi connectivity index (χ3n) is 7.50. The number of carboxylic acids is 1. The van der Waals surface area contributed by atoms with Gasteiger partial charge in [0.1, 0.15) is 11.9 Å². The van der Waals surface area contributed by atoms with Crippen LogP contribution in [0.1, 0.15) is 30.5 Å². The molecule has 0 spiro atoms. The smallest absolute Gasteiger partial charge is 0.338 e. The number of carboxylic acid groups (broad SMARTS) is 1. The molecule has 2 aromatic rings. The van der Waals surface area contributed by atoms with E-state index in [2.05, 4.69) is 20.1 Å². The molecule has 4 heterocycles. The minimum Gasteiger partial charge on any atom is -0.481 e. The molecule has 2 N–H and O–H groups in total. The SMILES string of the molecule is COC(=O)C1=C(CN2CCN3C(=S)N(CC(C)(C)C(=O)O)C[C@@H]3C2)NC(c2nccs2)=N[C@H]1c1cccc(F)c1Cl. The molecule has 2 atom stereocenters. The number of aromatic nitrogens is 1. The highest BCUT2D eigenvalue weighted by molar-refractivity contribution is 7.80. The van der Waals surface area contributed by atoms with Gasteiger partial charge >= 0.3 is 11.9 Å². The summed E-state index contributed by atoms with van der Waals surface area (Å²) < 4.78 is 19.7. The molecule has 41 heavy (non-hydrogen) atoms. The van der Waals surface area contributed by atoms with Crippen LogP contribution in [0.3, 0.4) is 0 Å². The molecule has 10 nitrogen and oxygen atoms in total. The Kier molecular flexibility index (Phi) is 8.33. The third kappa shape index (κ3) is 5.81. The number of piperazine rings is 1. The van der Waals surface area contributed by atoms with Crippen LogP contribution in [0.5, 0.6) is 0 Å².